The molecule has 0 unspecified atom stereocenters. The van der Waals surface area contributed by atoms with Crippen molar-refractivity contribution in [1.82, 2.24) is 30.2 Å². The highest BCUT2D eigenvalue weighted by atomic mass is 15.2. The summed E-state index contributed by atoms with van der Waals surface area (Å²) < 4.78 is 0. The Bertz CT molecular complexity index is 514. The van der Waals surface area contributed by atoms with E-state index in [-0.39, 0.29) is 0 Å². The quantitative estimate of drug-likeness (QED) is 0.637. The molecule has 7 nitrogen and oxygen atoms in total. The topological polar surface area (TPSA) is 95.8 Å². The number of aromatic amines is 1. The fourth-order valence-electron chi connectivity index (χ4n) is 2.05. The molecule has 0 amide bonds. The summed E-state index contributed by atoms with van der Waals surface area (Å²) in [5, 5.41) is 3.32. The van der Waals surface area contributed by atoms with Gasteiger partial charge in [-0.3, -0.25) is 4.90 Å². The van der Waals surface area contributed by atoms with Crippen LogP contribution in [0.5, 0.6) is 0 Å². The molecule has 1 fully saturated rings. The van der Waals surface area contributed by atoms with Crippen LogP contribution in [0.3, 0.4) is 0 Å². The van der Waals surface area contributed by atoms with E-state index in [2.05, 4.69) is 30.2 Å². The summed E-state index contributed by atoms with van der Waals surface area (Å²) in [5.74, 6) is 1.35. The van der Waals surface area contributed by atoms with Gasteiger partial charge in [0, 0.05) is 26.2 Å². The van der Waals surface area contributed by atoms with E-state index < -0.39 is 0 Å². The van der Waals surface area contributed by atoms with Crippen molar-refractivity contribution in [2.75, 3.05) is 31.9 Å². The minimum Gasteiger partial charge on any atom is -0.382 e. The summed E-state index contributed by atoms with van der Waals surface area (Å²) in [7, 11) is 0. The largest absolute Gasteiger partial charge is 0.382 e. The van der Waals surface area contributed by atoms with Crippen LogP contribution in [0.25, 0.3) is 11.2 Å². The van der Waals surface area contributed by atoms with Gasteiger partial charge in [0.05, 0.1) is 6.54 Å². The monoisotopic (exact) mass is 233 g/mol. The van der Waals surface area contributed by atoms with E-state index in [0.29, 0.717) is 11.5 Å². The van der Waals surface area contributed by atoms with Gasteiger partial charge in [0.1, 0.15) is 17.7 Å². The smallest absolute Gasteiger partial charge is 0.183 e. The number of nitrogens with zero attached hydrogens (tertiary/aromatic N) is 4. The van der Waals surface area contributed by atoms with E-state index in [1.54, 1.807) is 0 Å². The highest BCUT2D eigenvalue weighted by Crippen LogP contribution is 2.14. The molecule has 7 heteroatoms. The second kappa shape index (κ2) is 4.27. The Kier molecular flexibility index (Phi) is 2.62. The molecule has 3 heterocycles. The van der Waals surface area contributed by atoms with Gasteiger partial charge >= 0.3 is 0 Å². The molecule has 0 bridgehead atoms. The van der Waals surface area contributed by atoms with E-state index in [1.165, 1.54) is 6.33 Å². The van der Waals surface area contributed by atoms with Gasteiger partial charge in [-0.1, -0.05) is 0 Å². The molecule has 4 N–H and O–H groups in total. The van der Waals surface area contributed by atoms with Crippen LogP contribution in [-0.4, -0.2) is 51.0 Å². The molecular weight excluding hydrogens is 218 g/mol. The molecule has 1 aliphatic heterocycles. The second-order valence-electron chi connectivity index (χ2n) is 4.17. The minimum atomic E-state index is 0.453. The predicted octanol–water partition coefficient (Wildman–Crippen LogP) is -0.660. The van der Waals surface area contributed by atoms with Crippen molar-refractivity contribution in [3.8, 4) is 0 Å². The number of anilines is 1. The van der Waals surface area contributed by atoms with Crippen LogP contribution in [0.1, 0.15) is 5.82 Å². The Balaban J connectivity index is 1.83. The van der Waals surface area contributed by atoms with Gasteiger partial charge in [0.2, 0.25) is 0 Å². The zero-order valence-corrected chi connectivity index (χ0v) is 9.48. The molecule has 17 heavy (non-hydrogen) atoms. The zero-order valence-electron chi connectivity index (χ0n) is 9.48. The summed E-state index contributed by atoms with van der Waals surface area (Å²) in [4.78, 5) is 18.0. The maximum absolute atomic E-state index is 5.76. The van der Waals surface area contributed by atoms with E-state index in [0.717, 1.165) is 44.1 Å². The van der Waals surface area contributed by atoms with E-state index in [1.807, 2.05) is 0 Å². The fraction of sp³-hybridized carbons (Fsp3) is 0.500. The number of nitrogens with two attached hydrogens (primary N) is 1. The first-order chi connectivity index (χ1) is 8.33. The molecule has 90 valence electrons. The maximum Gasteiger partial charge on any atom is 0.183 e. The van der Waals surface area contributed by atoms with Crippen molar-refractivity contribution in [2.45, 2.75) is 6.54 Å². The lowest BCUT2D eigenvalue weighted by Gasteiger charge is -2.26. The van der Waals surface area contributed by atoms with Crippen LogP contribution >= 0.6 is 0 Å². The number of aromatic nitrogens is 4. The van der Waals surface area contributed by atoms with Crippen molar-refractivity contribution in [3.05, 3.63) is 12.2 Å². The van der Waals surface area contributed by atoms with Gasteiger partial charge < -0.3 is 16.0 Å². The molecule has 0 aromatic carbocycles. The number of fused-ring (bicyclic) bond motifs is 1. The van der Waals surface area contributed by atoms with Crippen molar-refractivity contribution in [3.63, 3.8) is 0 Å². The molecule has 0 radical (unpaired) electrons. The van der Waals surface area contributed by atoms with Crippen molar-refractivity contribution < 1.29 is 0 Å². The number of H-pyrrole nitrogens is 1. The number of nitrogens with one attached hydrogen (secondary N) is 2. The molecule has 0 atom stereocenters. The molecular formula is C10H15N7. The van der Waals surface area contributed by atoms with E-state index in [4.69, 9.17) is 5.73 Å². The summed E-state index contributed by atoms with van der Waals surface area (Å²) in [6, 6.07) is 0. The summed E-state index contributed by atoms with van der Waals surface area (Å²) in [5.41, 5.74) is 7.13. The maximum atomic E-state index is 5.76. The highest BCUT2D eigenvalue weighted by Gasteiger charge is 2.13. The molecule has 3 rings (SSSR count). The Morgan fingerprint density at radius 2 is 2.12 bits per heavy atom. The summed E-state index contributed by atoms with van der Waals surface area (Å²) in [6.45, 7) is 4.94. The average Bonchev–Trinajstić information content (AvgIpc) is 2.74. The van der Waals surface area contributed by atoms with Gasteiger partial charge in [0.15, 0.2) is 11.5 Å². The molecule has 1 aliphatic rings. The lowest BCUT2D eigenvalue weighted by atomic mass is 10.3. The van der Waals surface area contributed by atoms with Crippen molar-refractivity contribution in [2.24, 2.45) is 0 Å². The third-order valence-electron chi connectivity index (χ3n) is 2.95. The number of nitrogen functional groups attached to an aromatic ring is 1. The Labute approximate surface area is 98.4 Å². The lowest BCUT2D eigenvalue weighted by Crippen LogP contribution is -2.43. The van der Waals surface area contributed by atoms with Gasteiger partial charge in [-0.25, -0.2) is 15.0 Å². The SMILES string of the molecule is Nc1ncnc2nc(CN3CCNCC3)[nH]c12. The molecule has 2 aromatic rings. The zero-order chi connectivity index (χ0) is 11.7. The predicted molar refractivity (Wildman–Crippen MR) is 64.2 cm³/mol. The molecule has 0 aliphatic carbocycles. The Hall–Kier alpha value is -1.73. The van der Waals surface area contributed by atoms with Crippen LogP contribution in [-0.2, 0) is 6.54 Å². The number of piperazine rings is 1. The van der Waals surface area contributed by atoms with Crippen molar-refractivity contribution in [1.29, 1.82) is 0 Å². The second-order valence-corrected chi connectivity index (χ2v) is 4.17. The number of hydrogen-bond acceptors (Lipinski definition) is 6. The first kappa shape index (κ1) is 10.4. The van der Waals surface area contributed by atoms with Crippen LogP contribution in [0.4, 0.5) is 5.82 Å². The highest BCUT2D eigenvalue weighted by molar-refractivity contribution is 5.80. The first-order valence-corrected chi connectivity index (χ1v) is 5.71. The normalized spacial score (nSPS) is 17.6. The van der Waals surface area contributed by atoms with Gasteiger partial charge in [-0.05, 0) is 0 Å². The standard InChI is InChI=1S/C10H15N7/c11-9-8-10(14-6-13-9)16-7(15-8)5-17-3-1-12-2-4-17/h6,12H,1-5H2,(H3,11,13,14,15,16). The average molecular weight is 233 g/mol. The number of imidazole rings is 1. The van der Waals surface area contributed by atoms with E-state index >= 15 is 0 Å². The Morgan fingerprint density at radius 3 is 2.88 bits per heavy atom. The van der Waals surface area contributed by atoms with Crippen LogP contribution in [0, 0.1) is 0 Å². The van der Waals surface area contributed by atoms with Crippen LogP contribution in [0.15, 0.2) is 6.33 Å². The van der Waals surface area contributed by atoms with Gasteiger partial charge in [-0.2, -0.15) is 0 Å². The Morgan fingerprint density at radius 1 is 1.29 bits per heavy atom. The van der Waals surface area contributed by atoms with Crippen LogP contribution < -0.4 is 11.1 Å². The van der Waals surface area contributed by atoms with Gasteiger partial charge in [0.25, 0.3) is 0 Å². The van der Waals surface area contributed by atoms with Crippen molar-refractivity contribution >= 4 is 17.0 Å². The number of hydrogen-bond donors (Lipinski definition) is 3. The molecule has 0 saturated carbocycles. The summed E-state index contributed by atoms with van der Waals surface area (Å²) >= 11 is 0. The fourth-order valence-corrected chi connectivity index (χ4v) is 2.05. The third-order valence-corrected chi connectivity index (χ3v) is 2.95. The summed E-state index contributed by atoms with van der Waals surface area (Å²) in [6.07, 6.45) is 1.44. The van der Waals surface area contributed by atoms with E-state index in [9.17, 15) is 0 Å². The molecule has 2 aromatic heterocycles. The van der Waals surface area contributed by atoms with Gasteiger partial charge in [-0.15, -0.1) is 0 Å². The third kappa shape index (κ3) is 2.06. The molecule has 1 saturated heterocycles. The molecule has 0 spiro atoms. The first-order valence-electron chi connectivity index (χ1n) is 5.71. The van der Waals surface area contributed by atoms with Crippen LogP contribution in [0.2, 0.25) is 0 Å². The minimum absolute atomic E-state index is 0.453. The number of rotatable bonds is 2. The lowest BCUT2D eigenvalue weighted by molar-refractivity contribution is 0.229.